The standard InChI is InChI=1S/C19H19BrN2O6/c1-4-27-18(25)15-13(12-7-11(20)5-6-14(12)28-15)9-22-17(24)16(23)21(19(22)26)8-10(2)3/h5-7,10H,4,8-9H2,1-3H3. The Kier molecular flexibility index (Phi) is 5.55. The molecule has 0 aliphatic carbocycles. The Morgan fingerprint density at radius 1 is 1.18 bits per heavy atom. The molecule has 148 valence electrons. The van der Waals surface area contributed by atoms with Gasteiger partial charge in [-0.05, 0) is 31.0 Å². The molecule has 0 unspecified atom stereocenters. The fraction of sp³-hybridized carbons (Fsp3) is 0.368. The van der Waals surface area contributed by atoms with E-state index in [1.807, 2.05) is 13.8 Å². The molecular formula is C19H19BrN2O6. The molecule has 4 amide bonds. The van der Waals surface area contributed by atoms with Crippen LogP contribution in [0, 0.1) is 5.92 Å². The fourth-order valence-electron chi connectivity index (χ4n) is 3.01. The SMILES string of the molecule is CCOC(=O)c1oc2ccc(Br)cc2c1CN1C(=O)C(=O)N(CC(C)C)C1=O. The van der Waals surface area contributed by atoms with Crippen molar-refractivity contribution in [2.24, 2.45) is 5.92 Å². The molecule has 8 nitrogen and oxygen atoms in total. The van der Waals surface area contributed by atoms with E-state index < -0.39 is 23.8 Å². The lowest BCUT2D eigenvalue weighted by atomic mass is 10.1. The summed E-state index contributed by atoms with van der Waals surface area (Å²) in [4.78, 5) is 51.4. The number of ether oxygens (including phenoxy) is 1. The predicted molar refractivity (Wildman–Crippen MR) is 102 cm³/mol. The summed E-state index contributed by atoms with van der Waals surface area (Å²) < 4.78 is 11.4. The number of esters is 1. The molecule has 1 aliphatic heterocycles. The topological polar surface area (TPSA) is 97.1 Å². The number of urea groups is 1. The number of halogens is 1. The molecule has 28 heavy (non-hydrogen) atoms. The molecule has 1 aromatic carbocycles. The van der Waals surface area contributed by atoms with Gasteiger partial charge in [-0.15, -0.1) is 0 Å². The van der Waals surface area contributed by atoms with Crippen LogP contribution in [-0.4, -0.2) is 46.8 Å². The number of imide groups is 2. The second-order valence-corrected chi connectivity index (χ2v) is 7.67. The van der Waals surface area contributed by atoms with E-state index >= 15 is 0 Å². The highest BCUT2D eigenvalue weighted by molar-refractivity contribution is 9.10. The van der Waals surface area contributed by atoms with Crippen LogP contribution in [0.15, 0.2) is 27.1 Å². The van der Waals surface area contributed by atoms with Gasteiger partial charge in [-0.1, -0.05) is 29.8 Å². The maximum absolute atomic E-state index is 12.7. The zero-order chi connectivity index (χ0) is 20.6. The molecule has 2 heterocycles. The molecule has 0 bridgehead atoms. The number of carbonyl (C=O) groups excluding carboxylic acids is 4. The molecule has 0 atom stereocenters. The number of benzene rings is 1. The summed E-state index contributed by atoms with van der Waals surface area (Å²) in [6.45, 7) is 5.35. The molecule has 0 radical (unpaired) electrons. The highest BCUT2D eigenvalue weighted by Gasteiger charge is 2.45. The smallest absolute Gasteiger partial charge is 0.374 e. The van der Waals surface area contributed by atoms with E-state index in [0.717, 1.165) is 14.3 Å². The average molecular weight is 451 g/mol. The van der Waals surface area contributed by atoms with Gasteiger partial charge >= 0.3 is 23.8 Å². The normalized spacial score (nSPS) is 14.7. The highest BCUT2D eigenvalue weighted by Crippen LogP contribution is 2.31. The van der Waals surface area contributed by atoms with Crippen LogP contribution in [0.25, 0.3) is 11.0 Å². The first kappa shape index (κ1) is 20.1. The third-order valence-electron chi connectivity index (χ3n) is 4.21. The van der Waals surface area contributed by atoms with E-state index in [4.69, 9.17) is 9.15 Å². The van der Waals surface area contributed by atoms with Gasteiger partial charge in [0, 0.05) is 22.0 Å². The predicted octanol–water partition coefficient (Wildman–Crippen LogP) is 3.32. The zero-order valence-corrected chi connectivity index (χ0v) is 17.2. The van der Waals surface area contributed by atoms with Crippen molar-refractivity contribution in [3.63, 3.8) is 0 Å². The Morgan fingerprint density at radius 2 is 1.86 bits per heavy atom. The highest BCUT2D eigenvalue weighted by atomic mass is 79.9. The van der Waals surface area contributed by atoms with E-state index in [-0.39, 0.29) is 31.4 Å². The third kappa shape index (κ3) is 3.54. The van der Waals surface area contributed by atoms with Crippen LogP contribution in [0.5, 0.6) is 0 Å². The lowest BCUT2D eigenvalue weighted by Crippen LogP contribution is -2.35. The molecule has 1 aliphatic rings. The van der Waals surface area contributed by atoms with Crippen molar-refractivity contribution in [2.45, 2.75) is 27.3 Å². The van der Waals surface area contributed by atoms with Crippen molar-refractivity contribution in [1.29, 1.82) is 0 Å². The van der Waals surface area contributed by atoms with Gasteiger partial charge in [0.1, 0.15) is 5.58 Å². The van der Waals surface area contributed by atoms with Crippen LogP contribution in [0.1, 0.15) is 36.9 Å². The number of nitrogens with zero attached hydrogens (tertiary/aromatic N) is 2. The molecule has 0 saturated carbocycles. The van der Waals surface area contributed by atoms with E-state index in [1.54, 1.807) is 25.1 Å². The van der Waals surface area contributed by atoms with E-state index in [2.05, 4.69) is 15.9 Å². The minimum Gasteiger partial charge on any atom is -0.460 e. The number of furan rings is 1. The van der Waals surface area contributed by atoms with Gasteiger partial charge in [0.2, 0.25) is 5.76 Å². The van der Waals surface area contributed by atoms with Crippen molar-refractivity contribution in [1.82, 2.24) is 9.80 Å². The van der Waals surface area contributed by atoms with Gasteiger partial charge in [-0.25, -0.2) is 9.59 Å². The van der Waals surface area contributed by atoms with Crippen LogP contribution in [0.4, 0.5) is 4.79 Å². The van der Waals surface area contributed by atoms with E-state index in [9.17, 15) is 19.2 Å². The molecule has 1 fully saturated rings. The first-order valence-corrected chi connectivity index (χ1v) is 9.59. The Balaban J connectivity index is 2.03. The fourth-order valence-corrected chi connectivity index (χ4v) is 3.37. The largest absolute Gasteiger partial charge is 0.460 e. The van der Waals surface area contributed by atoms with Crippen LogP contribution < -0.4 is 0 Å². The van der Waals surface area contributed by atoms with Gasteiger partial charge in [-0.2, -0.15) is 0 Å². The quantitative estimate of drug-likeness (QED) is 0.380. The van der Waals surface area contributed by atoms with Crippen LogP contribution in [-0.2, 0) is 20.9 Å². The lowest BCUT2D eigenvalue weighted by molar-refractivity contribution is -0.143. The number of fused-ring (bicyclic) bond motifs is 1. The van der Waals surface area contributed by atoms with Crippen LogP contribution in [0.2, 0.25) is 0 Å². The van der Waals surface area contributed by atoms with Gasteiger partial charge in [0.25, 0.3) is 0 Å². The number of hydrogen-bond acceptors (Lipinski definition) is 6. The minimum atomic E-state index is -0.926. The van der Waals surface area contributed by atoms with Gasteiger partial charge in [-0.3, -0.25) is 19.4 Å². The molecule has 1 saturated heterocycles. The Morgan fingerprint density at radius 3 is 2.50 bits per heavy atom. The maximum Gasteiger partial charge on any atom is 0.374 e. The van der Waals surface area contributed by atoms with Crippen molar-refractivity contribution >= 4 is 50.7 Å². The molecule has 9 heteroatoms. The number of carbonyl (C=O) groups is 4. The van der Waals surface area contributed by atoms with Gasteiger partial charge in [0.05, 0.1) is 13.2 Å². The summed E-state index contributed by atoms with van der Waals surface area (Å²) in [5, 5.41) is 0.549. The Labute approximate surface area is 169 Å². The Bertz CT molecular complexity index is 980. The number of hydrogen-bond donors (Lipinski definition) is 0. The molecule has 2 aromatic rings. The summed E-state index contributed by atoms with van der Waals surface area (Å²) in [6, 6.07) is 4.42. The summed E-state index contributed by atoms with van der Waals surface area (Å²) in [5.74, 6) is -2.57. The lowest BCUT2D eigenvalue weighted by Gasteiger charge is -2.17. The van der Waals surface area contributed by atoms with Crippen LogP contribution >= 0.6 is 15.9 Å². The molecule has 0 spiro atoms. The van der Waals surface area contributed by atoms with Crippen molar-refractivity contribution in [3.8, 4) is 0 Å². The van der Waals surface area contributed by atoms with Crippen molar-refractivity contribution in [3.05, 3.63) is 34.0 Å². The molecule has 3 rings (SSSR count). The first-order valence-electron chi connectivity index (χ1n) is 8.80. The summed E-state index contributed by atoms with van der Waals surface area (Å²) >= 11 is 3.36. The van der Waals surface area contributed by atoms with E-state index in [1.165, 1.54) is 0 Å². The third-order valence-corrected chi connectivity index (χ3v) is 4.71. The second kappa shape index (κ2) is 7.75. The average Bonchev–Trinajstić information content (AvgIpc) is 3.08. The molecule has 1 aromatic heterocycles. The van der Waals surface area contributed by atoms with Crippen molar-refractivity contribution < 1.29 is 28.3 Å². The summed E-state index contributed by atoms with van der Waals surface area (Å²) in [6.07, 6.45) is 0. The first-order chi connectivity index (χ1) is 13.2. The zero-order valence-electron chi connectivity index (χ0n) is 15.7. The molecule has 0 N–H and O–H groups in total. The van der Waals surface area contributed by atoms with Crippen molar-refractivity contribution in [2.75, 3.05) is 13.2 Å². The van der Waals surface area contributed by atoms with Gasteiger partial charge in [0.15, 0.2) is 0 Å². The summed E-state index contributed by atoms with van der Waals surface area (Å²) in [7, 11) is 0. The van der Waals surface area contributed by atoms with Gasteiger partial charge < -0.3 is 9.15 Å². The number of rotatable bonds is 6. The second-order valence-electron chi connectivity index (χ2n) is 6.75. The molecular weight excluding hydrogens is 432 g/mol. The number of amides is 4. The minimum absolute atomic E-state index is 0.0152. The monoisotopic (exact) mass is 450 g/mol. The Hall–Kier alpha value is -2.68. The summed E-state index contributed by atoms with van der Waals surface area (Å²) in [5.41, 5.74) is 0.723. The van der Waals surface area contributed by atoms with Crippen LogP contribution in [0.3, 0.4) is 0 Å². The van der Waals surface area contributed by atoms with E-state index in [0.29, 0.717) is 16.5 Å². The maximum atomic E-state index is 12.7.